The monoisotopic (exact) mass is 336 g/mol. The van der Waals surface area contributed by atoms with E-state index in [1.54, 1.807) is 25.6 Å². The third-order valence-electron chi connectivity index (χ3n) is 3.75. The highest BCUT2D eigenvalue weighted by Crippen LogP contribution is 2.15. The summed E-state index contributed by atoms with van der Waals surface area (Å²) in [5.41, 5.74) is 2.65. The predicted molar refractivity (Wildman–Crippen MR) is 94.0 cm³/mol. The number of aromatic nitrogens is 3. The summed E-state index contributed by atoms with van der Waals surface area (Å²) in [4.78, 5) is 20.7. The van der Waals surface area contributed by atoms with Gasteiger partial charge in [0, 0.05) is 18.9 Å². The van der Waals surface area contributed by atoms with E-state index < -0.39 is 6.04 Å². The van der Waals surface area contributed by atoms with Crippen molar-refractivity contribution in [2.45, 2.75) is 19.5 Å². The Morgan fingerprint density at radius 2 is 2.08 bits per heavy atom. The molecule has 6 nitrogen and oxygen atoms in total. The number of pyridine rings is 1. The molecule has 0 saturated heterocycles. The molecule has 0 fully saturated rings. The molecule has 0 spiro atoms. The maximum absolute atomic E-state index is 12.3. The van der Waals surface area contributed by atoms with Gasteiger partial charge >= 0.3 is 5.97 Å². The lowest BCUT2D eigenvalue weighted by molar-refractivity contribution is -0.145. The van der Waals surface area contributed by atoms with Gasteiger partial charge in [0.05, 0.1) is 30.5 Å². The number of hydrogen-bond acceptors (Lipinski definition) is 5. The van der Waals surface area contributed by atoms with Gasteiger partial charge in [-0.1, -0.05) is 30.3 Å². The molecule has 0 saturated carbocycles. The lowest BCUT2D eigenvalue weighted by Crippen LogP contribution is -2.30. The van der Waals surface area contributed by atoms with Crippen LogP contribution < -0.4 is 5.32 Å². The summed E-state index contributed by atoms with van der Waals surface area (Å²) < 4.78 is 7.07. The average Bonchev–Trinajstić information content (AvgIpc) is 3.18. The molecule has 0 aliphatic heterocycles. The molecular formula is C19H20N4O2. The lowest BCUT2D eigenvalue weighted by Gasteiger charge is -2.17. The molecule has 128 valence electrons. The predicted octanol–water partition coefficient (Wildman–Crippen LogP) is 2.66. The number of carbonyl (C=O) groups excluding carboxylic acids is 1. The number of esters is 1. The Kier molecular flexibility index (Phi) is 5.53. The molecule has 3 rings (SSSR count). The molecule has 2 heterocycles. The maximum Gasteiger partial charge on any atom is 0.327 e. The molecule has 0 aliphatic rings. The number of imidazole rings is 1. The highest BCUT2D eigenvalue weighted by atomic mass is 16.5. The van der Waals surface area contributed by atoms with E-state index in [1.165, 1.54) is 0 Å². The van der Waals surface area contributed by atoms with E-state index in [4.69, 9.17) is 4.74 Å². The highest BCUT2D eigenvalue weighted by molar-refractivity contribution is 5.77. The van der Waals surface area contributed by atoms with Crippen LogP contribution in [0.1, 0.15) is 24.2 Å². The second-order valence-corrected chi connectivity index (χ2v) is 5.45. The second kappa shape index (κ2) is 8.21. The van der Waals surface area contributed by atoms with Crippen molar-refractivity contribution in [1.29, 1.82) is 0 Å². The van der Waals surface area contributed by atoms with E-state index in [-0.39, 0.29) is 5.97 Å². The SMILES string of the molecule is CCOC(=O)C(NCc1ccc(-n2ccnc2)cn1)c1ccccc1. The van der Waals surface area contributed by atoms with Crippen molar-refractivity contribution in [1.82, 2.24) is 19.9 Å². The van der Waals surface area contributed by atoms with Gasteiger partial charge in [0.2, 0.25) is 0 Å². The minimum Gasteiger partial charge on any atom is -0.465 e. The minimum absolute atomic E-state index is 0.288. The zero-order chi connectivity index (χ0) is 17.5. The van der Waals surface area contributed by atoms with Crippen LogP contribution >= 0.6 is 0 Å². The lowest BCUT2D eigenvalue weighted by atomic mass is 10.1. The normalized spacial score (nSPS) is 11.9. The average molecular weight is 336 g/mol. The van der Waals surface area contributed by atoms with Crippen LogP contribution in [0.5, 0.6) is 0 Å². The van der Waals surface area contributed by atoms with Crippen LogP contribution in [0.2, 0.25) is 0 Å². The molecule has 2 aromatic heterocycles. The van der Waals surface area contributed by atoms with Gasteiger partial charge in [0.25, 0.3) is 0 Å². The topological polar surface area (TPSA) is 69.0 Å². The van der Waals surface area contributed by atoms with Crippen LogP contribution in [-0.2, 0) is 16.1 Å². The van der Waals surface area contributed by atoms with Crippen LogP contribution in [0.15, 0.2) is 67.4 Å². The number of rotatable bonds is 7. The van der Waals surface area contributed by atoms with Crippen molar-refractivity contribution in [3.8, 4) is 5.69 Å². The van der Waals surface area contributed by atoms with E-state index in [1.807, 2.05) is 53.2 Å². The molecule has 0 aliphatic carbocycles. The van der Waals surface area contributed by atoms with Crippen LogP contribution in [0.4, 0.5) is 0 Å². The molecule has 0 bridgehead atoms. The van der Waals surface area contributed by atoms with Crippen molar-refractivity contribution in [2.24, 2.45) is 0 Å². The Balaban J connectivity index is 1.69. The van der Waals surface area contributed by atoms with Crippen LogP contribution in [0.3, 0.4) is 0 Å². The van der Waals surface area contributed by atoms with E-state index in [2.05, 4.69) is 15.3 Å². The van der Waals surface area contributed by atoms with Gasteiger partial charge in [-0.15, -0.1) is 0 Å². The molecule has 1 atom stereocenters. The summed E-state index contributed by atoms with van der Waals surface area (Å²) in [5, 5.41) is 3.23. The first-order chi connectivity index (χ1) is 12.3. The zero-order valence-electron chi connectivity index (χ0n) is 14.0. The Hall–Kier alpha value is -2.99. The van der Waals surface area contributed by atoms with Gasteiger partial charge in [-0.25, -0.2) is 9.78 Å². The van der Waals surface area contributed by atoms with E-state index in [0.29, 0.717) is 13.2 Å². The fraction of sp³-hybridized carbons (Fsp3) is 0.211. The largest absolute Gasteiger partial charge is 0.465 e. The number of ether oxygens (including phenoxy) is 1. The molecule has 3 aromatic rings. The number of nitrogens with zero attached hydrogens (tertiary/aromatic N) is 3. The highest BCUT2D eigenvalue weighted by Gasteiger charge is 2.21. The van der Waals surface area contributed by atoms with Gasteiger partial charge < -0.3 is 9.30 Å². The molecular weight excluding hydrogens is 316 g/mol. The van der Waals surface area contributed by atoms with Crippen LogP contribution in [-0.4, -0.2) is 27.1 Å². The minimum atomic E-state index is -0.517. The van der Waals surface area contributed by atoms with E-state index in [9.17, 15) is 4.79 Å². The standard InChI is InChI=1S/C19H20N4O2/c1-2-25-19(24)18(15-6-4-3-5-7-15)22-12-16-8-9-17(13-21-16)23-11-10-20-14-23/h3-11,13-14,18,22H,2,12H2,1H3. The first-order valence-electron chi connectivity index (χ1n) is 8.16. The van der Waals surface area contributed by atoms with Crippen molar-refractivity contribution < 1.29 is 9.53 Å². The van der Waals surface area contributed by atoms with Gasteiger partial charge in [-0.2, -0.15) is 0 Å². The van der Waals surface area contributed by atoms with Crippen LogP contribution in [0.25, 0.3) is 5.69 Å². The maximum atomic E-state index is 12.3. The zero-order valence-corrected chi connectivity index (χ0v) is 14.0. The summed E-state index contributed by atoms with van der Waals surface area (Å²) in [6.07, 6.45) is 7.09. The molecule has 25 heavy (non-hydrogen) atoms. The first kappa shape index (κ1) is 16.9. The Morgan fingerprint density at radius 3 is 2.72 bits per heavy atom. The molecule has 0 amide bonds. The van der Waals surface area contributed by atoms with Crippen LogP contribution in [0, 0.1) is 0 Å². The van der Waals surface area contributed by atoms with E-state index in [0.717, 1.165) is 16.9 Å². The Bertz CT molecular complexity index is 786. The van der Waals surface area contributed by atoms with E-state index >= 15 is 0 Å². The number of nitrogens with one attached hydrogen (secondary N) is 1. The fourth-order valence-corrected chi connectivity index (χ4v) is 2.50. The summed E-state index contributed by atoms with van der Waals surface area (Å²) in [7, 11) is 0. The third-order valence-corrected chi connectivity index (χ3v) is 3.75. The van der Waals surface area contributed by atoms with Gasteiger partial charge in [0.1, 0.15) is 6.04 Å². The van der Waals surface area contributed by atoms with Crippen molar-refractivity contribution >= 4 is 5.97 Å². The molecule has 1 unspecified atom stereocenters. The smallest absolute Gasteiger partial charge is 0.327 e. The fourth-order valence-electron chi connectivity index (χ4n) is 2.50. The summed E-state index contributed by atoms with van der Waals surface area (Å²) in [5.74, 6) is -0.288. The van der Waals surface area contributed by atoms with Gasteiger partial charge in [0.15, 0.2) is 0 Å². The first-order valence-corrected chi connectivity index (χ1v) is 8.16. The second-order valence-electron chi connectivity index (χ2n) is 5.45. The quantitative estimate of drug-likeness (QED) is 0.672. The number of benzene rings is 1. The van der Waals surface area contributed by atoms with Crippen molar-refractivity contribution in [3.63, 3.8) is 0 Å². The number of carbonyl (C=O) groups is 1. The molecule has 1 N–H and O–H groups in total. The molecule has 0 radical (unpaired) electrons. The summed E-state index contributed by atoms with van der Waals surface area (Å²) in [6.45, 7) is 2.61. The van der Waals surface area contributed by atoms with Crippen molar-refractivity contribution in [3.05, 3.63) is 78.6 Å². The molecule has 6 heteroatoms. The Morgan fingerprint density at radius 1 is 1.24 bits per heavy atom. The van der Waals surface area contributed by atoms with Crippen molar-refractivity contribution in [2.75, 3.05) is 6.61 Å². The number of hydrogen-bond donors (Lipinski definition) is 1. The molecule has 1 aromatic carbocycles. The van der Waals surface area contributed by atoms with Gasteiger partial charge in [-0.05, 0) is 24.6 Å². The third kappa shape index (κ3) is 4.30. The van der Waals surface area contributed by atoms with Gasteiger partial charge in [-0.3, -0.25) is 10.3 Å². The Labute approximate surface area is 146 Å². The summed E-state index contributed by atoms with van der Waals surface area (Å²) >= 11 is 0. The summed E-state index contributed by atoms with van der Waals surface area (Å²) in [6, 6.07) is 12.9.